The molecule has 2 rings (SSSR count). The van der Waals surface area contributed by atoms with Crippen molar-refractivity contribution in [1.29, 1.82) is 0 Å². The number of aromatic hydroxyl groups is 1. The summed E-state index contributed by atoms with van der Waals surface area (Å²) in [5.41, 5.74) is 2.02. The van der Waals surface area contributed by atoms with Crippen LogP contribution in [0.15, 0.2) is 23.7 Å². The molecule has 0 radical (unpaired) electrons. The van der Waals surface area contributed by atoms with Crippen LogP contribution in [0.1, 0.15) is 16.4 Å². The molecular formula is C12H15N3OS. The summed E-state index contributed by atoms with van der Waals surface area (Å²) in [6.07, 6.45) is 2.40. The number of pyridine rings is 1. The number of hydrogen-bond donors (Lipinski definition) is 2. The molecule has 2 N–H and O–H groups in total. The van der Waals surface area contributed by atoms with Crippen LogP contribution in [0.2, 0.25) is 0 Å². The number of aromatic nitrogens is 2. The second-order valence-electron chi connectivity index (χ2n) is 3.82. The van der Waals surface area contributed by atoms with Crippen molar-refractivity contribution >= 4 is 11.3 Å². The number of nitrogens with one attached hydrogen (secondary N) is 1. The summed E-state index contributed by atoms with van der Waals surface area (Å²) in [7, 11) is 0. The van der Waals surface area contributed by atoms with Crippen LogP contribution >= 0.6 is 11.3 Å². The van der Waals surface area contributed by atoms with Crippen molar-refractivity contribution < 1.29 is 5.11 Å². The Hall–Kier alpha value is -1.46. The Bertz CT molecular complexity index is 467. The second-order valence-corrected chi connectivity index (χ2v) is 4.76. The molecule has 0 fully saturated rings. The van der Waals surface area contributed by atoms with Gasteiger partial charge >= 0.3 is 0 Å². The van der Waals surface area contributed by atoms with Gasteiger partial charge in [0.25, 0.3) is 0 Å². The molecule has 17 heavy (non-hydrogen) atoms. The SMILES string of the molecule is Cc1csc(CCNCc2ccc(O)cn2)n1. The van der Waals surface area contributed by atoms with Gasteiger partial charge < -0.3 is 10.4 Å². The molecule has 2 aromatic rings. The highest BCUT2D eigenvalue weighted by Crippen LogP contribution is 2.09. The predicted octanol–water partition coefficient (Wildman–Crippen LogP) is 1.88. The van der Waals surface area contributed by atoms with E-state index in [-0.39, 0.29) is 5.75 Å². The van der Waals surface area contributed by atoms with Gasteiger partial charge in [0.1, 0.15) is 5.75 Å². The molecule has 5 heteroatoms. The Kier molecular flexibility index (Phi) is 4.06. The molecule has 0 aromatic carbocycles. The summed E-state index contributed by atoms with van der Waals surface area (Å²) in [4.78, 5) is 8.50. The Morgan fingerprint density at radius 3 is 2.94 bits per heavy atom. The maximum absolute atomic E-state index is 9.09. The van der Waals surface area contributed by atoms with E-state index in [0.717, 1.165) is 29.4 Å². The molecule has 0 bridgehead atoms. The van der Waals surface area contributed by atoms with E-state index < -0.39 is 0 Å². The summed E-state index contributed by atoms with van der Waals surface area (Å²) >= 11 is 1.70. The highest BCUT2D eigenvalue weighted by atomic mass is 32.1. The van der Waals surface area contributed by atoms with Crippen molar-refractivity contribution in [2.45, 2.75) is 19.9 Å². The lowest BCUT2D eigenvalue weighted by atomic mass is 10.3. The summed E-state index contributed by atoms with van der Waals surface area (Å²) < 4.78 is 0. The fourth-order valence-corrected chi connectivity index (χ4v) is 2.23. The molecule has 0 aliphatic heterocycles. The molecule has 0 spiro atoms. The van der Waals surface area contributed by atoms with E-state index in [1.807, 2.05) is 13.0 Å². The van der Waals surface area contributed by atoms with Gasteiger partial charge in [0, 0.05) is 30.6 Å². The maximum Gasteiger partial charge on any atom is 0.133 e. The van der Waals surface area contributed by atoms with Gasteiger partial charge in [-0.25, -0.2) is 4.98 Å². The van der Waals surface area contributed by atoms with E-state index in [1.54, 1.807) is 17.4 Å². The van der Waals surface area contributed by atoms with Crippen molar-refractivity contribution in [2.75, 3.05) is 6.54 Å². The third-order valence-corrected chi connectivity index (χ3v) is 3.32. The van der Waals surface area contributed by atoms with Crippen molar-refractivity contribution in [1.82, 2.24) is 15.3 Å². The molecule has 0 saturated heterocycles. The minimum absolute atomic E-state index is 0.201. The van der Waals surface area contributed by atoms with Crippen molar-refractivity contribution in [3.05, 3.63) is 40.1 Å². The van der Waals surface area contributed by atoms with E-state index in [1.165, 1.54) is 6.20 Å². The highest BCUT2D eigenvalue weighted by molar-refractivity contribution is 7.09. The minimum atomic E-state index is 0.201. The molecule has 2 aromatic heterocycles. The first kappa shape index (κ1) is 12.0. The van der Waals surface area contributed by atoms with E-state index in [4.69, 9.17) is 5.11 Å². The van der Waals surface area contributed by atoms with Gasteiger partial charge in [0.2, 0.25) is 0 Å². The first-order valence-corrected chi connectivity index (χ1v) is 6.37. The summed E-state index contributed by atoms with van der Waals surface area (Å²) in [6, 6.07) is 3.46. The molecule has 90 valence electrons. The van der Waals surface area contributed by atoms with Gasteiger partial charge in [-0.05, 0) is 19.1 Å². The molecule has 0 unspecified atom stereocenters. The van der Waals surface area contributed by atoms with Crippen LogP contribution in [0.3, 0.4) is 0 Å². The van der Waals surface area contributed by atoms with E-state index in [0.29, 0.717) is 6.54 Å². The first-order valence-electron chi connectivity index (χ1n) is 5.49. The molecule has 2 heterocycles. The van der Waals surface area contributed by atoms with Crippen LogP contribution in [0.4, 0.5) is 0 Å². The van der Waals surface area contributed by atoms with Crippen LogP contribution in [0.25, 0.3) is 0 Å². The van der Waals surface area contributed by atoms with Crippen LogP contribution in [-0.4, -0.2) is 21.6 Å². The topological polar surface area (TPSA) is 58.0 Å². The van der Waals surface area contributed by atoms with E-state index >= 15 is 0 Å². The van der Waals surface area contributed by atoms with Crippen LogP contribution < -0.4 is 5.32 Å². The van der Waals surface area contributed by atoms with Gasteiger partial charge in [-0.3, -0.25) is 4.98 Å². The van der Waals surface area contributed by atoms with Gasteiger partial charge in [0.15, 0.2) is 0 Å². The number of hydrogen-bond acceptors (Lipinski definition) is 5. The van der Waals surface area contributed by atoms with Crippen LogP contribution in [0.5, 0.6) is 5.75 Å². The van der Waals surface area contributed by atoms with Crippen molar-refractivity contribution in [2.24, 2.45) is 0 Å². The molecule has 0 atom stereocenters. The van der Waals surface area contributed by atoms with E-state index in [9.17, 15) is 0 Å². The Morgan fingerprint density at radius 2 is 2.29 bits per heavy atom. The molecule has 4 nitrogen and oxygen atoms in total. The maximum atomic E-state index is 9.09. The third-order valence-electron chi connectivity index (χ3n) is 2.30. The van der Waals surface area contributed by atoms with Crippen LogP contribution in [-0.2, 0) is 13.0 Å². The Balaban J connectivity index is 1.71. The van der Waals surface area contributed by atoms with Crippen molar-refractivity contribution in [3.63, 3.8) is 0 Å². The summed E-state index contributed by atoms with van der Waals surface area (Å²) in [6.45, 7) is 3.61. The molecule has 0 aliphatic carbocycles. The first-order chi connectivity index (χ1) is 8.24. The quantitative estimate of drug-likeness (QED) is 0.794. The number of rotatable bonds is 5. The van der Waals surface area contributed by atoms with Gasteiger partial charge in [0.05, 0.1) is 16.9 Å². The average molecular weight is 249 g/mol. The smallest absolute Gasteiger partial charge is 0.133 e. The number of thiazole rings is 1. The Morgan fingerprint density at radius 1 is 1.41 bits per heavy atom. The minimum Gasteiger partial charge on any atom is -0.506 e. The normalized spacial score (nSPS) is 10.6. The molecular weight excluding hydrogens is 234 g/mol. The van der Waals surface area contributed by atoms with Crippen LogP contribution in [0, 0.1) is 6.92 Å². The van der Waals surface area contributed by atoms with Gasteiger partial charge in [-0.2, -0.15) is 0 Å². The van der Waals surface area contributed by atoms with Gasteiger partial charge in [-0.15, -0.1) is 11.3 Å². The largest absolute Gasteiger partial charge is 0.506 e. The molecule has 0 aliphatic rings. The van der Waals surface area contributed by atoms with Gasteiger partial charge in [-0.1, -0.05) is 0 Å². The fraction of sp³-hybridized carbons (Fsp3) is 0.333. The third kappa shape index (κ3) is 3.80. The predicted molar refractivity (Wildman–Crippen MR) is 68.2 cm³/mol. The zero-order chi connectivity index (χ0) is 12.1. The standard InChI is InChI=1S/C12H15N3OS/c1-9-8-17-12(15-9)4-5-13-6-10-2-3-11(16)7-14-10/h2-3,7-8,13,16H,4-6H2,1H3. The summed E-state index contributed by atoms with van der Waals surface area (Å²) in [5, 5.41) is 15.6. The zero-order valence-electron chi connectivity index (χ0n) is 9.68. The van der Waals surface area contributed by atoms with E-state index in [2.05, 4.69) is 20.7 Å². The summed E-state index contributed by atoms with van der Waals surface area (Å²) in [5.74, 6) is 0.201. The Labute approximate surface area is 104 Å². The lowest BCUT2D eigenvalue weighted by molar-refractivity contribution is 0.471. The lowest BCUT2D eigenvalue weighted by Gasteiger charge is -2.02. The molecule has 0 amide bonds. The zero-order valence-corrected chi connectivity index (χ0v) is 10.5. The second kappa shape index (κ2) is 5.75. The molecule has 0 saturated carbocycles. The fourth-order valence-electron chi connectivity index (χ4n) is 1.45. The average Bonchev–Trinajstić information content (AvgIpc) is 2.73. The monoisotopic (exact) mass is 249 g/mol. The highest BCUT2D eigenvalue weighted by Gasteiger charge is 1.99. The number of nitrogens with zero attached hydrogens (tertiary/aromatic N) is 2. The number of aryl methyl sites for hydroxylation is 1. The van der Waals surface area contributed by atoms with Crippen molar-refractivity contribution in [3.8, 4) is 5.75 Å². The lowest BCUT2D eigenvalue weighted by Crippen LogP contribution is -2.17.